The lowest BCUT2D eigenvalue weighted by Gasteiger charge is -2.16. The van der Waals surface area contributed by atoms with E-state index in [0.717, 1.165) is 16.8 Å². The van der Waals surface area contributed by atoms with Gasteiger partial charge in [-0.05, 0) is 35.9 Å². The average molecular weight is 399 g/mol. The van der Waals surface area contributed by atoms with Crippen LogP contribution in [0.3, 0.4) is 0 Å². The lowest BCUT2D eigenvalue weighted by Crippen LogP contribution is -2.31. The van der Waals surface area contributed by atoms with Crippen molar-refractivity contribution in [1.29, 1.82) is 0 Å². The molecule has 2 rings (SSSR count). The number of nitrogens with one attached hydrogen (secondary N) is 3. The number of hydrogen-bond acceptors (Lipinski definition) is 7. The maximum atomic E-state index is 5.54. The molecule has 0 saturated carbocycles. The van der Waals surface area contributed by atoms with Gasteiger partial charge in [-0.15, -0.1) is 0 Å². The first-order valence-corrected chi connectivity index (χ1v) is 9.26. The molecule has 0 saturated heterocycles. The predicted molar refractivity (Wildman–Crippen MR) is 117 cm³/mol. The summed E-state index contributed by atoms with van der Waals surface area (Å²) in [7, 11) is 4.83. The molecule has 0 amide bonds. The number of anilines is 1. The third-order valence-electron chi connectivity index (χ3n) is 4.17. The van der Waals surface area contributed by atoms with E-state index in [2.05, 4.69) is 34.9 Å². The Hall–Kier alpha value is -3.16. The summed E-state index contributed by atoms with van der Waals surface area (Å²) in [5.41, 5.74) is 15.4. The van der Waals surface area contributed by atoms with Crippen molar-refractivity contribution in [1.82, 2.24) is 10.9 Å². The van der Waals surface area contributed by atoms with Gasteiger partial charge in [0, 0.05) is 36.6 Å². The molecule has 156 valence electrons. The monoisotopic (exact) mass is 398 g/mol. The molecule has 0 bridgehead atoms. The smallest absolute Gasteiger partial charge is 0.203 e. The Kier molecular flexibility index (Phi) is 8.88. The average Bonchev–Trinajstić information content (AvgIpc) is 2.73. The van der Waals surface area contributed by atoms with Crippen LogP contribution in [0.25, 0.3) is 0 Å². The zero-order chi connectivity index (χ0) is 21.1. The van der Waals surface area contributed by atoms with Gasteiger partial charge in [0.15, 0.2) is 11.5 Å². The number of methoxy groups -OCH3 is 3. The Bertz CT molecular complexity index is 837. The Labute approximate surface area is 172 Å². The predicted octanol–water partition coefficient (Wildman–Crippen LogP) is 2.95. The van der Waals surface area contributed by atoms with Crippen molar-refractivity contribution >= 4 is 5.69 Å². The summed E-state index contributed by atoms with van der Waals surface area (Å²) in [5, 5.41) is 3.43. The SMILES string of the molecule is C=C(N)/C=C\CNNCc1cccc(NCc2ccc(OC)c(OC)c2OC)c1. The zero-order valence-corrected chi connectivity index (χ0v) is 17.2. The van der Waals surface area contributed by atoms with Gasteiger partial charge < -0.3 is 25.3 Å². The van der Waals surface area contributed by atoms with E-state index < -0.39 is 0 Å². The van der Waals surface area contributed by atoms with Gasteiger partial charge in [0.25, 0.3) is 0 Å². The number of benzene rings is 2. The molecule has 0 aliphatic carbocycles. The van der Waals surface area contributed by atoms with Crippen molar-refractivity contribution in [2.24, 2.45) is 5.73 Å². The topological polar surface area (TPSA) is 89.8 Å². The highest BCUT2D eigenvalue weighted by atomic mass is 16.5. The Morgan fingerprint density at radius 3 is 2.48 bits per heavy atom. The maximum Gasteiger partial charge on any atom is 0.203 e. The summed E-state index contributed by atoms with van der Waals surface area (Å²) in [6, 6.07) is 12.0. The number of hydrazine groups is 1. The van der Waals surface area contributed by atoms with Gasteiger partial charge in [-0.25, -0.2) is 0 Å². The van der Waals surface area contributed by atoms with Crippen LogP contribution in [-0.2, 0) is 13.1 Å². The highest BCUT2D eigenvalue weighted by Crippen LogP contribution is 2.39. The molecule has 0 atom stereocenters. The summed E-state index contributed by atoms with van der Waals surface area (Å²) in [6.45, 7) is 5.55. The molecular formula is C22H30N4O3. The lowest BCUT2D eigenvalue weighted by atomic mass is 10.1. The number of rotatable bonds is 12. The molecule has 0 radical (unpaired) electrons. The Morgan fingerprint density at radius 2 is 1.79 bits per heavy atom. The van der Waals surface area contributed by atoms with Crippen LogP contribution in [-0.4, -0.2) is 27.9 Å². The van der Waals surface area contributed by atoms with Crippen LogP contribution in [0, 0.1) is 0 Å². The van der Waals surface area contributed by atoms with Crippen molar-refractivity contribution in [3.8, 4) is 17.2 Å². The van der Waals surface area contributed by atoms with Crippen LogP contribution < -0.4 is 36.1 Å². The molecule has 2 aromatic rings. The molecule has 29 heavy (non-hydrogen) atoms. The molecule has 0 aromatic heterocycles. The fraction of sp³-hybridized carbons (Fsp3) is 0.273. The molecule has 5 N–H and O–H groups in total. The van der Waals surface area contributed by atoms with Crippen LogP contribution in [0.15, 0.2) is 60.8 Å². The Morgan fingerprint density at radius 1 is 1.00 bits per heavy atom. The highest BCUT2D eigenvalue weighted by molar-refractivity contribution is 5.57. The van der Waals surface area contributed by atoms with Gasteiger partial charge in [0.2, 0.25) is 5.75 Å². The summed E-state index contributed by atoms with van der Waals surface area (Å²) < 4.78 is 16.3. The second-order valence-electron chi connectivity index (χ2n) is 6.26. The van der Waals surface area contributed by atoms with Gasteiger partial charge in [0.05, 0.1) is 21.3 Å². The van der Waals surface area contributed by atoms with Crippen molar-refractivity contribution in [2.45, 2.75) is 13.1 Å². The number of nitrogens with two attached hydrogens (primary N) is 1. The summed E-state index contributed by atoms with van der Waals surface area (Å²) in [4.78, 5) is 0. The molecule has 0 aliphatic rings. The summed E-state index contributed by atoms with van der Waals surface area (Å²) in [6.07, 6.45) is 3.67. The lowest BCUT2D eigenvalue weighted by molar-refractivity contribution is 0.322. The van der Waals surface area contributed by atoms with E-state index in [0.29, 0.717) is 42.6 Å². The molecule has 0 fully saturated rings. The van der Waals surface area contributed by atoms with Crippen molar-refractivity contribution in [2.75, 3.05) is 33.2 Å². The fourth-order valence-electron chi connectivity index (χ4n) is 2.80. The largest absolute Gasteiger partial charge is 0.493 e. The van der Waals surface area contributed by atoms with E-state index >= 15 is 0 Å². The van der Waals surface area contributed by atoms with E-state index in [1.165, 1.54) is 0 Å². The third kappa shape index (κ3) is 6.74. The van der Waals surface area contributed by atoms with Crippen LogP contribution in [0.1, 0.15) is 11.1 Å². The molecule has 0 aliphatic heterocycles. The Balaban J connectivity index is 1.95. The molecule has 7 heteroatoms. The standard InChI is InChI=1S/C22H30N4O3/c1-16(23)7-6-12-25-26-14-17-8-5-9-19(13-17)24-15-18-10-11-20(27-2)22(29-4)21(18)28-3/h5-11,13,24-26H,1,12,14-15,23H2,2-4H3/b7-6-. The van der Waals surface area contributed by atoms with Crippen LogP contribution in [0.5, 0.6) is 17.2 Å². The normalized spacial score (nSPS) is 10.7. The molecular weight excluding hydrogens is 368 g/mol. The maximum absolute atomic E-state index is 5.54. The van der Waals surface area contributed by atoms with Crippen molar-refractivity contribution < 1.29 is 14.2 Å². The van der Waals surface area contributed by atoms with E-state index in [1.807, 2.05) is 30.3 Å². The van der Waals surface area contributed by atoms with Crippen molar-refractivity contribution in [3.63, 3.8) is 0 Å². The zero-order valence-electron chi connectivity index (χ0n) is 17.2. The second-order valence-corrected chi connectivity index (χ2v) is 6.26. The number of hydrogen-bond donors (Lipinski definition) is 4. The first-order valence-electron chi connectivity index (χ1n) is 9.26. The molecule has 7 nitrogen and oxygen atoms in total. The minimum Gasteiger partial charge on any atom is -0.493 e. The molecule has 0 heterocycles. The van der Waals surface area contributed by atoms with E-state index in [-0.39, 0.29) is 0 Å². The number of ether oxygens (including phenoxy) is 3. The minimum atomic E-state index is 0.539. The number of allylic oxidation sites excluding steroid dienone is 1. The highest BCUT2D eigenvalue weighted by Gasteiger charge is 2.15. The quantitative estimate of drug-likeness (QED) is 0.248. The van der Waals surface area contributed by atoms with Crippen molar-refractivity contribution in [3.05, 3.63) is 72.0 Å². The van der Waals surface area contributed by atoms with Gasteiger partial charge in [-0.1, -0.05) is 24.8 Å². The van der Waals surface area contributed by atoms with Gasteiger partial charge in [0.1, 0.15) is 0 Å². The molecule has 0 spiro atoms. The fourth-order valence-corrected chi connectivity index (χ4v) is 2.80. The van der Waals surface area contributed by atoms with Crippen LogP contribution >= 0.6 is 0 Å². The summed E-state index contributed by atoms with van der Waals surface area (Å²) >= 11 is 0. The minimum absolute atomic E-state index is 0.539. The molecule has 2 aromatic carbocycles. The van der Waals surface area contributed by atoms with Gasteiger partial charge in [-0.2, -0.15) is 0 Å². The third-order valence-corrected chi connectivity index (χ3v) is 4.17. The van der Waals surface area contributed by atoms with E-state index in [9.17, 15) is 0 Å². The first kappa shape index (κ1) is 22.1. The van der Waals surface area contributed by atoms with Crippen LogP contribution in [0.4, 0.5) is 5.69 Å². The van der Waals surface area contributed by atoms with Gasteiger partial charge in [-0.3, -0.25) is 10.9 Å². The first-order chi connectivity index (χ1) is 14.1. The molecule has 0 unspecified atom stereocenters. The van der Waals surface area contributed by atoms with Crippen LogP contribution in [0.2, 0.25) is 0 Å². The van der Waals surface area contributed by atoms with E-state index in [1.54, 1.807) is 27.4 Å². The van der Waals surface area contributed by atoms with Gasteiger partial charge >= 0.3 is 0 Å². The van der Waals surface area contributed by atoms with E-state index in [4.69, 9.17) is 19.9 Å². The second kappa shape index (κ2) is 11.6. The summed E-state index contributed by atoms with van der Waals surface area (Å²) in [5.74, 6) is 1.89.